The maximum atomic E-state index is 10.1. The number of halogens is 1. The number of aliphatic imine (C=N–C) groups is 1. The summed E-state index contributed by atoms with van der Waals surface area (Å²) in [7, 11) is 1.81. The summed E-state index contributed by atoms with van der Waals surface area (Å²) in [6, 6.07) is 13.4. The van der Waals surface area contributed by atoms with Crippen molar-refractivity contribution in [2.75, 3.05) is 38.1 Å². The first-order valence-electron chi connectivity index (χ1n) is 9.68. The first kappa shape index (κ1) is 21.9. The zero-order valence-electron chi connectivity index (χ0n) is 16.8. The number of phenols is 1. The number of guanidine groups is 1. The molecule has 0 unspecified atom stereocenters. The van der Waals surface area contributed by atoms with Crippen molar-refractivity contribution < 1.29 is 5.11 Å². The van der Waals surface area contributed by atoms with Crippen LogP contribution in [0.4, 0.5) is 5.69 Å². The van der Waals surface area contributed by atoms with E-state index >= 15 is 0 Å². The molecule has 0 amide bonds. The number of piperazine rings is 1. The van der Waals surface area contributed by atoms with Crippen LogP contribution >= 0.6 is 24.0 Å². The number of pyridine rings is 1. The molecule has 158 valence electrons. The van der Waals surface area contributed by atoms with Gasteiger partial charge in [0.1, 0.15) is 5.75 Å². The van der Waals surface area contributed by atoms with E-state index in [9.17, 15) is 5.11 Å². The minimum Gasteiger partial charge on any atom is -0.506 e. The highest BCUT2D eigenvalue weighted by molar-refractivity contribution is 14.0. The van der Waals surface area contributed by atoms with Gasteiger partial charge < -0.3 is 20.2 Å². The van der Waals surface area contributed by atoms with Gasteiger partial charge in [-0.15, -0.1) is 24.0 Å². The molecule has 8 nitrogen and oxygen atoms in total. The maximum Gasteiger partial charge on any atom is 0.194 e. The predicted molar refractivity (Wildman–Crippen MR) is 129 cm³/mol. The average molecular weight is 519 g/mol. The van der Waals surface area contributed by atoms with E-state index in [1.807, 2.05) is 42.6 Å². The summed E-state index contributed by atoms with van der Waals surface area (Å²) < 4.78 is 1.75. The number of aromatic hydroxyl groups is 1. The highest BCUT2D eigenvalue weighted by Crippen LogP contribution is 2.27. The third kappa shape index (κ3) is 5.02. The normalized spacial score (nSPS) is 14.4. The summed E-state index contributed by atoms with van der Waals surface area (Å²) in [6.45, 7) is 3.99. The molecule has 1 saturated heterocycles. The zero-order chi connectivity index (χ0) is 20.1. The molecule has 1 aromatic carbocycles. The average Bonchev–Trinajstić information content (AvgIpc) is 3.30. The lowest BCUT2D eigenvalue weighted by Crippen LogP contribution is -2.52. The van der Waals surface area contributed by atoms with Crippen LogP contribution in [0.5, 0.6) is 5.75 Å². The monoisotopic (exact) mass is 519 g/mol. The zero-order valence-corrected chi connectivity index (χ0v) is 19.2. The van der Waals surface area contributed by atoms with Gasteiger partial charge in [-0.2, -0.15) is 5.10 Å². The third-order valence-corrected chi connectivity index (χ3v) is 5.01. The molecular weight excluding hydrogens is 493 g/mol. The second-order valence-corrected chi connectivity index (χ2v) is 6.84. The van der Waals surface area contributed by atoms with Crippen LogP contribution in [-0.4, -0.2) is 64.0 Å². The van der Waals surface area contributed by atoms with Crippen LogP contribution < -0.4 is 10.2 Å². The first-order chi connectivity index (χ1) is 14.2. The molecule has 3 heterocycles. The number of rotatable bonds is 4. The molecule has 0 saturated carbocycles. The molecule has 1 fully saturated rings. The topological polar surface area (TPSA) is 81.8 Å². The predicted octanol–water partition coefficient (Wildman–Crippen LogP) is 2.49. The summed E-state index contributed by atoms with van der Waals surface area (Å²) >= 11 is 0. The van der Waals surface area contributed by atoms with Crippen LogP contribution in [0.3, 0.4) is 0 Å². The van der Waals surface area contributed by atoms with Gasteiger partial charge in [-0.05, 0) is 35.9 Å². The lowest BCUT2D eigenvalue weighted by molar-refractivity contribution is 0.369. The van der Waals surface area contributed by atoms with Crippen LogP contribution in [-0.2, 0) is 6.54 Å². The van der Waals surface area contributed by atoms with Gasteiger partial charge in [-0.25, -0.2) is 9.67 Å². The molecule has 0 radical (unpaired) electrons. The van der Waals surface area contributed by atoms with E-state index in [-0.39, 0.29) is 24.0 Å². The molecular formula is C21H26IN7O. The highest BCUT2D eigenvalue weighted by atomic mass is 127. The van der Waals surface area contributed by atoms with Crippen LogP contribution in [0, 0.1) is 0 Å². The molecule has 2 aromatic heterocycles. The van der Waals surface area contributed by atoms with Crippen molar-refractivity contribution in [1.29, 1.82) is 0 Å². The molecule has 2 N–H and O–H groups in total. The van der Waals surface area contributed by atoms with Crippen molar-refractivity contribution in [1.82, 2.24) is 25.0 Å². The Bertz CT molecular complexity index is 969. The number of nitrogens with one attached hydrogen (secondary N) is 1. The van der Waals surface area contributed by atoms with Crippen molar-refractivity contribution in [2.24, 2.45) is 4.99 Å². The lowest BCUT2D eigenvalue weighted by Gasteiger charge is -2.37. The van der Waals surface area contributed by atoms with Crippen molar-refractivity contribution in [3.8, 4) is 11.6 Å². The Morgan fingerprint density at radius 2 is 1.90 bits per heavy atom. The molecule has 0 atom stereocenters. The van der Waals surface area contributed by atoms with Gasteiger partial charge in [-0.1, -0.05) is 12.1 Å². The first-order valence-corrected chi connectivity index (χ1v) is 9.68. The van der Waals surface area contributed by atoms with Gasteiger partial charge >= 0.3 is 0 Å². The summed E-state index contributed by atoms with van der Waals surface area (Å²) in [5.74, 6) is 1.99. The minimum absolute atomic E-state index is 0. The molecule has 9 heteroatoms. The molecule has 1 aliphatic rings. The number of phenolic OH excluding ortho intramolecular Hbond substituents is 1. The fourth-order valence-corrected chi connectivity index (χ4v) is 3.50. The van der Waals surface area contributed by atoms with Gasteiger partial charge in [0.15, 0.2) is 11.8 Å². The number of para-hydroxylation sites is 2. The van der Waals surface area contributed by atoms with Gasteiger partial charge in [0.2, 0.25) is 0 Å². The Morgan fingerprint density at radius 3 is 2.60 bits per heavy atom. The van der Waals surface area contributed by atoms with Gasteiger partial charge in [0, 0.05) is 58.4 Å². The van der Waals surface area contributed by atoms with Gasteiger partial charge in [0.05, 0.1) is 5.69 Å². The van der Waals surface area contributed by atoms with Crippen LogP contribution in [0.1, 0.15) is 5.56 Å². The summed E-state index contributed by atoms with van der Waals surface area (Å²) in [4.78, 5) is 13.3. The molecule has 0 aliphatic carbocycles. The van der Waals surface area contributed by atoms with Crippen molar-refractivity contribution >= 4 is 35.6 Å². The molecule has 30 heavy (non-hydrogen) atoms. The Kier molecular flexibility index (Phi) is 7.50. The lowest BCUT2D eigenvalue weighted by atomic mass is 10.2. The largest absolute Gasteiger partial charge is 0.506 e. The molecule has 3 aromatic rings. The molecule has 0 spiro atoms. The van der Waals surface area contributed by atoms with E-state index in [1.54, 1.807) is 30.2 Å². The second-order valence-electron chi connectivity index (χ2n) is 6.84. The smallest absolute Gasteiger partial charge is 0.194 e. The van der Waals surface area contributed by atoms with E-state index < -0.39 is 0 Å². The molecule has 1 aliphatic heterocycles. The second kappa shape index (κ2) is 10.3. The summed E-state index contributed by atoms with van der Waals surface area (Å²) in [5.41, 5.74) is 2.00. The summed E-state index contributed by atoms with van der Waals surface area (Å²) in [5, 5.41) is 17.8. The molecule has 0 bridgehead atoms. The fraction of sp³-hybridized carbons (Fsp3) is 0.286. The maximum absolute atomic E-state index is 10.1. The van der Waals surface area contributed by atoms with E-state index in [1.165, 1.54) is 0 Å². The van der Waals surface area contributed by atoms with Crippen molar-refractivity contribution in [3.05, 3.63) is 66.6 Å². The quantitative estimate of drug-likeness (QED) is 0.313. The SMILES string of the molecule is CN=C(NCc1ccnc(-n2cccn2)c1)N1CCN(c2ccccc2O)CC1.I. The number of hydrogen-bond acceptors (Lipinski definition) is 5. The van der Waals surface area contributed by atoms with Crippen LogP contribution in [0.2, 0.25) is 0 Å². The Hall–Kier alpha value is -2.82. The number of hydrogen-bond donors (Lipinski definition) is 2. The third-order valence-electron chi connectivity index (χ3n) is 5.01. The fourth-order valence-electron chi connectivity index (χ4n) is 3.50. The standard InChI is InChI=1S/C21H25N7O.HI/c1-22-21(24-16-17-7-9-23-20(15-17)28-10-4-8-25-28)27-13-11-26(12-14-27)18-5-2-3-6-19(18)29;/h2-10,15,29H,11-14,16H2,1H3,(H,22,24);1H. The van der Waals surface area contributed by atoms with E-state index in [4.69, 9.17) is 0 Å². The minimum atomic E-state index is 0. The number of benzene rings is 1. The van der Waals surface area contributed by atoms with Crippen LogP contribution in [0.15, 0.2) is 66.0 Å². The van der Waals surface area contributed by atoms with E-state index in [0.717, 1.165) is 49.2 Å². The Balaban J connectivity index is 0.00000256. The number of anilines is 1. The van der Waals surface area contributed by atoms with Gasteiger partial charge in [0.25, 0.3) is 0 Å². The van der Waals surface area contributed by atoms with E-state index in [0.29, 0.717) is 12.3 Å². The highest BCUT2D eigenvalue weighted by Gasteiger charge is 2.21. The van der Waals surface area contributed by atoms with Crippen LogP contribution in [0.25, 0.3) is 5.82 Å². The van der Waals surface area contributed by atoms with Crippen molar-refractivity contribution in [2.45, 2.75) is 6.54 Å². The molecule has 4 rings (SSSR count). The Labute approximate surface area is 193 Å². The Morgan fingerprint density at radius 1 is 1.10 bits per heavy atom. The van der Waals surface area contributed by atoms with Crippen molar-refractivity contribution in [3.63, 3.8) is 0 Å². The number of aromatic nitrogens is 3. The summed E-state index contributed by atoms with van der Waals surface area (Å²) in [6.07, 6.45) is 5.41. The van der Waals surface area contributed by atoms with E-state index in [2.05, 4.69) is 30.2 Å². The van der Waals surface area contributed by atoms with Gasteiger partial charge in [-0.3, -0.25) is 4.99 Å². The number of nitrogens with zero attached hydrogens (tertiary/aromatic N) is 6.